The third-order valence-electron chi connectivity index (χ3n) is 4.04. The van der Waals surface area contributed by atoms with Gasteiger partial charge in [-0.3, -0.25) is 4.79 Å². The van der Waals surface area contributed by atoms with Crippen molar-refractivity contribution in [3.8, 4) is 17.2 Å². The molecule has 0 unspecified atom stereocenters. The molecule has 3 rings (SSSR count). The first-order chi connectivity index (χ1) is 12.2. The predicted octanol–water partition coefficient (Wildman–Crippen LogP) is 1.62. The van der Waals surface area contributed by atoms with E-state index in [2.05, 4.69) is 33.7 Å². The summed E-state index contributed by atoms with van der Waals surface area (Å²) in [4.78, 5) is 14.8. The smallest absolute Gasteiger partial charge is 0.249 e. The van der Waals surface area contributed by atoms with Crippen molar-refractivity contribution in [2.75, 3.05) is 5.75 Å². The molecule has 1 aromatic carbocycles. The van der Waals surface area contributed by atoms with E-state index >= 15 is 0 Å². The second-order valence-electron chi connectivity index (χ2n) is 5.77. The highest BCUT2D eigenvalue weighted by molar-refractivity contribution is 8.00. The van der Waals surface area contributed by atoms with Gasteiger partial charge in [-0.05, 0) is 29.9 Å². The lowest BCUT2D eigenvalue weighted by atomic mass is 9.99. The minimum atomic E-state index is -0.264. The normalized spacial score (nSPS) is 14.2. The Bertz CT molecular complexity index is 910. The van der Waals surface area contributed by atoms with Gasteiger partial charge in [0.1, 0.15) is 11.9 Å². The first-order valence-electron chi connectivity index (χ1n) is 7.80. The minimum absolute atomic E-state index is 0.264. The Morgan fingerprint density at radius 3 is 2.88 bits per heavy atom. The van der Waals surface area contributed by atoms with E-state index in [9.17, 15) is 10.1 Å². The van der Waals surface area contributed by atoms with Crippen LogP contribution in [-0.4, -0.2) is 16.6 Å². The SMILES string of the molecule is N#Cc1c(-c2cccc(C3CC3)c2)cc(=O)[nH]c1SC/C(=N/N)NN. The van der Waals surface area contributed by atoms with Crippen molar-refractivity contribution in [2.24, 2.45) is 16.8 Å². The Balaban J connectivity index is 2.01. The van der Waals surface area contributed by atoms with Crippen molar-refractivity contribution < 1.29 is 0 Å². The molecule has 0 atom stereocenters. The molecule has 128 valence electrons. The van der Waals surface area contributed by atoms with Gasteiger partial charge >= 0.3 is 0 Å². The number of aromatic amines is 1. The van der Waals surface area contributed by atoms with E-state index in [1.54, 1.807) is 0 Å². The quantitative estimate of drug-likeness (QED) is 0.212. The number of rotatable bonds is 5. The summed E-state index contributed by atoms with van der Waals surface area (Å²) in [6.07, 6.45) is 2.39. The highest BCUT2D eigenvalue weighted by atomic mass is 32.2. The molecule has 1 aliphatic carbocycles. The lowest BCUT2D eigenvalue weighted by molar-refractivity contribution is 0.996. The number of amidine groups is 1. The van der Waals surface area contributed by atoms with E-state index < -0.39 is 0 Å². The van der Waals surface area contributed by atoms with Crippen LogP contribution in [-0.2, 0) is 0 Å². The average Bonchev–Trinajstić information content (AvgIpc) is 3.47. The van der Waals surface area contributed by atoms with E-state index in [0.717, 1.165) is 5.56 Å². The Labute approximate surface area is 149 Å². The fraction of sp³-hybridized carbons (Fsp3) is 0.235. The molecular weight excluding hydrogens is 336 g/mol. The van der Waals surface area contributed by atoms with Crippen molar-refractivity contribution in [3.63, 3.8) is 0 Å². The second kappa shape index (κ2) is 7.42. The van der Waals surface area contributed by atoms with Gasteiger partial charge in [0.15, 0.2) is 0 Å². The van der Waals surface area contributed by atoms with Crippen LogP contribution in [0.3, 0.4) is 0 Å². The summed E-state index contributed by atoms with van der Waals surface area (Å²) in [7, 11) is 0. The molecule has 1 aromatic heterocycles. The van der Waals surface area contributed by atoms with E-state index in [4.69, 9.17) is 11.7 Å². The van der Waals surface area contributed by atoms with E-state index in [-0.39, 0.29) is 5.56 Å². The van der Waals surface area contributed by atoms with Gasteiger partial charge in [0.2, 0.25) is 5.56 Å². The van der Waals surface area contributed by atoms with Crippen molar-refractivity contribution >= 4 is 17.6 Å². The fourth-order valence-corrected chi connectivity index (χ4v) is 3.53. The predicted molar refractivity (Wildman–Crippen MR) is 98.9 cm³/mol. The number of benzene rings is 1. The third kappa shape index (κ3) is 3.84. The highest BCUT2D eigenvalue weighted by Gasteiger charge is 2.24. The summed E-state index contributed by atoms with van der Waals surface area (Å²) in [6.45, 7) is 0. The zero-order valence-electron chi connectivity index (χ0n) is 13.5. The number of hydrogen-bond donors (Lipinski definition) is 4. The molecule has 1 heterocycles. The first kappa shape index (κ1) is 17.1. The molecule has 1 saturated carbocycles. The number of nitrogens with two attached hydrogens (primary N) is 2. The molecule has 2 aromatic rings. The van der Waals surface area contributed by atoms with Gasteiger partial charge in [-0.2, -0.15) is 10.4 Å². The molecule has 8 heteroatoms. The Kier molecular flexibility index (Phi) is 5.07. The minimum Gasteiger partial charge on any atom is -0.322 e. The molecule has 0 spiro atoms. The number of nitrogens with zero attached hydrogens (tertiary/aromatic N) is 2. The monoisotopic (exact) mass is 354 g/mol. The van der Waals surface area contributed by atoms with Gasteiger partial charge in [0, 0.05) is 11.6 Å². The molecule has 0 aliphatic heterocycles. The van der Waals surface area contributed by atoms with Crippen molar-refractivity contribution in [1.82, 2.24) is 10.4 Å². The van der Waals surface area contributed by atoms with Gasteiger partial charge in [-0.1, -0.05) is 36.0 Å². The van der Waals surface area contributed by atoms with Gasteiger partial charge < -0.3 is 16.3 Å². The van der Waals surface area contributed by atoms with Crippen LogP contribution in [0, 0.1) is 11.3 Å². The van der Waals surface area contributed by atoms with E-state index in [1.807, 2.05) is 12.1 Å². The maximum Gasteiger partial charge on any atom is 0.249 e. The Hall–Kier alpha value is -2.76. The topological polar surface area (TPSA) is 133 Å². The first-order valence-corrected chi connectivity index (χ1v) is 8.78. The number of nitrogens with one attached hydrogen (secondary N) is 2. The Morgan fingerprint density at radius 1 is 1.44 bits per heavy atom. The van der Waals surface area contributed by atoms with E-state index in [0.29, 0.717) is 33.7 Å². The van der Waals surface area contributed by atoms with E-state index in [1.165, 1.54) is 36.2 Å². The van der Waals surface area contributed by atoms with Crippen LogP contribution in [0.25, 0.3) is 11.1 Å². The number of pyridine rings is 1. The number of aromatic nitrogens is 1. The molecule has 0 radical (unpaired) electrons. The molecule has 7 nitrogen and oxygen atoms in total. The molecule has 1 fully saturated rings. The zero-order valence-corrected chi connectivity index (χ0v) is 14.3. The third-order valence-corrected chi connectivity index (χ3v) is 5.06. The van der Waals surface area contributed by atoms with Gasteiger partial charge in [0.25, 0.3) is 0 Å². The molecular formula is C17H18N6OS. The van der Waals surface area contributed by atoms with Crippen LogP contribution < -0.4 is 22.7 Å². The summed E-state index contributed by atoms with van der Waals surface area (Å²) >= 11 is 1.24. The van der Waals surface area contributed by atoms with Crippen molar-refractivity contribution in [1.29, 1.82) is 5.26 Å². The molecule has 25 heavy (non-hydrogen) atoms. The number of hydrogen-bond acceptors (Lipinski definition) is 6. The maximum atomic E-state index is 12.1. The molecule has 0 amide bonds. The lowest BCUT2D eigenvalue weighted by Crippen LogP contribution is -2.33. The second-order valence-corrected chi connectivity index (χ2v) is 6.76. The van der Waals surface area contributed by atoms with Crippen LogP contribution in [0.2, 0.25) is 0 Å². The number of nitriles is 1. The Morgan fingerprint density at radius 2 is 2.24 bits per heavy atom. The van der Waals surface area contributed by atoms with Crippen LogP contribution >= 0.6 is 11.8 Å². The summed E-state index contributed by atoms with van der Waals surface area (Å²) < 4.78 is 0. The maximum absolute atomic E-state index is 12.1. The number of hydrazone groups is 1. The average molecular weight is 354 g/mol. The fourth-order valence-electron chi connectivity index (χ4n) is 2.62. The largest absolute Gasteiger partial charge is 0.322 e. The summed E-state index contributed by atoms with van der Waals surface area (Å²) in [6, 6.07) is 11.7. The number of hydrazine groups is 1. The zero-order chi connectivity index (χ0) is 17.8. The van der Waals surface area contributed by atoms with Crippen LogP contribution in [0.15, 0.2) is 45.3 Å². The summed E-state index contributed by atoms with van der Waals surface area (Å²) in [5.74, 6) is 11.8. The standard InChI is InChI=1S/C17H18N6OS/c18-8-14-13(12-3-1-2-11(6-12)10-4-5-10)7-16(24)21-17(14)25-9-15(22-19)23-20/h1-3,6-7,10H,4-5,9,19-20H2,(H,21,24)(H,22,23). The molecule has 0 saturated heterocycles. The number of thioether (sulfide) groups is 1. The van der Waals surface area contributed by atoms with Gasteiger partial charge in [0.05, 0.1) is 16.3 Å². The summed E-state index contributed by atoms with van der Waals surface area (Å²) in [5, 5.41) is 13.6. The van der Waals surface area contributed by atoms with Crippen molar-refractivity contribution in [2.45, 2.75) is 23.8 Å². The molecule has 1 aliphatic rings. The van der Waals surface area contributed by atoms with Crippen LogP contribution in [0.4, 0.5) is 0 Å². The van der Waals surface area contributed by atoms with Gasteiger partial charge in [-0.25, -0.2) is 5.84 Å². The molecule has 6 N–H and O–H groups in total. The van der Waals surface area contributed by atoms with Crippen molar-refractivity contribution in [3.05, 3.63) is 51.8 Å². The summed E-state index contributed by atoms with van der Waals surface area (Å²) in [5.41, 5.74) is 5.29. The van der Waals surface area contributed by atoms with Crippen LogP contribution in [0.5, 0.6) is 0 Å². The lowest BCUT2D eigenvalue weighted by Gasteiger charge is -2.11. The van der Waals surface area contributed by atoms with Gasteiger partial charge in [-0.15, -0.1) is 0 Å². The molecule has 0 bridgehead atoms. The number of H-pyrrole nitrogens is 1. The van der Waals surface area contributed by atoms with Crippen LogP contribution in [0.1, 0.15) is 29.9 Å². The highest BCUT2D eigenvalue weighted by Crippen LogP contribution is 2.41.